The van der Waals surface area contributed by atoms with Crippen molar-refractivity contribution in [3.05, 3.63) is 29.0 Å². The van der Waals surface area contributed by atoms with Gasteiger partial charge >= 0.3 is 0 Å². The number of nitrogens with zero attached hydrogens (tertiary/aromatic N) is 2. The lowest BCUT2D eigenvalue weighted by Crippen LogP contribution is -2.20. The fraction of sp³-hybridized carbons (Fsp3) is 0.562. The van der Waals surface area contributed by atoms with E-state index in [0.29, 0.717) is 17.9 Å². The summed E-state index contributed by atoms with van der Waals surface area (Å²) in [6.07, 6.45) is 3.66. The van der Waals surface area contributed by atoms with Gasteiger partial charge in [-0.25, -0.2) is 4.98 Å². The van der Waals surface area contributed by atoms with Crippen molar-refractivity contribution in [2.75, 3.05) is 6.54 Å². The summed E-state index contributed by atoms with van der Waals surface area (Å²) < 4.78 is 2.32. The summed E-state index contributed by atoms with van der Waals surface area (Å²) in [6.45, 7) is 5.14. The number of halogens is 1. The third kappa shape index (κ3) is 2.13. The van der Waals surface area contributed by atoms with Crippen LogP contribution in [-0.4, -0.2) is 16.1 Å². The molecule has 4 heteroatoms. The molecule has 1 aromatic heterocycles. The molecule has 0 bridgehead atoms. The molecule has 2 aromatic rings. The molecular weight excluding hydrogens is 270 g/mol. The Morgan fingerprint density at radius 1 is 1.40 bits per heavy atom. The average Bonchev–Trinajstić information content (AvgIpc) is 3.02. The first-order chi connectivity index (χ1) is 9.63. The number of para-hydroxylation sites is 1. The second-order valence-corrected chi connectivity index (χ2v) is 6.48. The molecule has 0 radical (unpaired) electrons. The Labute approximate surface area is 125 Å². The molecule has 3 nitrogen and oxygen atoms in total. The highest BCUT2D eigenvalue weighted by molar-refractivity contribution is 6.35. The zero-order valence-corrected chi connectivity index (χ0v) is 12.9. The molecule has 108 valence electrons. The normalized spacial score (nSPS) is 23.1. The average molecular weight is 292 g/mol. The van der Waals surface area contributed by atoms with Crippen LogP contribution in [0.5, 0.6) is 0 Å². The van der Waals surface area contributed by atoms with Crippen LogP contribution in [0.15, 0.2) is 18.2 Å². The van der Waals surface area contributed by atoms with Crippen LogP contribution in [0.25, 0.3) is 11.0 Å². The lowest BCUT2D eigenvalue weighted by Gasteiger charge is -2.21. The van der Waals surface area contributed by atoms with Crippen LogP contribution in [0.4, 0.5) is 0 Å². The Kier molecular flexibility index (Phi) is 3.74. The van der Waals surface area contributed by atoms with E-state index in [9.17, 15) is 0 Å². The van der Waals surface area contributed by atoms with E-state index in [1.807, 2.05) is 12.1 Å². The van der Waals surface area contributed by atoms with Gasteiger partial charge in [-0.15, -0.1) is 0 Å². The molecule has 0 saturated heterocycles. The quantitative estimate of drug-likeness (QED) is 0.925. The van der Waals surface area contributed by atoms with E-state index < -0.39 is 0 Å². The molecule has 1 heterocycles. The second kappa shape index (κ2) is 5.38. The molecule has 1 aliphatic carbocycles. The zero-order valence-electron chi connectivity index (χ0n) is 12.1. The van der Waals surface area contributed by atoms with E-state index in [0.717, 1.165) is 22.6 Å². The van der Waals surface area contributed by atoms with Crippen LogP contribution in [0.2, 0.25) is 5.02 Å². The first kappa shape index (κ1) is 13.9. The summed E-state index contributed by atoms with van der Waals surface area (Å²) in [6, 6.07) is 6.33. The summed E-state index contributed by atoms with van der Waals surface area (Å²) in [7, 11) is 0. The van der Waals surface area contributed by atoms with Crippen molar-refractivity contribution in [1.29, 1.82) is 0 Å². The largest absolute Gasteiger partial charge is 0.330 e. The lowest BCUT2D eigenvalue weighted by atomic mass is 9.95. The van der Waals surface area contributed by atoms with Crippen molar-refractivity contribution in [1.82, 2.24) is 9.55 Å². The van der Waals surface area contributed by atoms with Crippen molar-refractivity contribution in [2.45, 2.75) is 45.1 Å². The molecule has 2 atom stereocenters. The fourth-order valence-corrected chi connectivity index (χ4v) is 3.83. The minimum absolute atomic E-state index is 0.355. The van der Waals surface area contributed by atoms with Crippen molar-refractivity contribution >= 4 is 22.6 Å². The van der Waals surface area contributed by atoms with E-state index in [1.54, 1.807) is 0 Å². The third-order valence-electron chi connectivity index (χ3n) is 4.50. The predicted octanol–water partition coefficient (Wildman–Crippen LogP) is 4.11. The standard InChI is InChI=1S/C16H22ClN3/c1-10(2)20-15-13(17)7-4-8-14(15)19-16(20)12-6-3-5-11(12)9-18/h4,7-8,10-12H,3,5-6,9,18H2,1-2H3. The van der Waals surface area contributed by atoms with Crippen molar-refractivity contribution in [2.24, 2.45) is 11.7 Å². The van der Waals surface area contributed by atoms with Crippen LogP contribution in [0.3, 0.4) is 0 Å². The van der Waals surface area contributed by atoms with Crippen LogP contribution >= 0.6 is 11.6 Å². The summed E-state index contributed by atoms with van der Waals surface area (Å²) in [5.74, 6) is 2.21. The molecule has 0 amide bonds. The maximum absolute atomic E-state index is 6.41. The molecule has 1 fully saturated rings. The number of hydrogen-bond acceptors (Lipinski definition) is 2. The lowest BCUT2D eigenvalue weighted by molar-refractivity contribution is 0.447. The molecule has 3 rings (SSSR count). The summed E-state index contributed by atoms with van der Waals surface area (Å²) in [5.41, 5.74) is 8.02. The van der Waals surface area contributed by atoms with Gasteiger partial charge in [-0.3, -0.25) is 0 Å². The monoisotopic (exact) mass is 291 g/mol. The van der Waals surface area contributed by atoms with E-state index in [-0.39, 0.29) is 0 Å². The van der Waals surface area contributed by atoms with Gasteiger partial charge in [0.1, 0.15) is 5.82 Å². The molecule has 20 heavy (non-hydrogen) atoms. The van der Waals surface area contributed by atoms with Gasteiger partial charge in [-0.05, 0) is 51.3 Å². The van der Waals surface area contributed by atoms with Crippen molar-refractivity contribution < 1.29 is 0 Å². The number of rotatable bonds is 3. The first-order valence-corrected chi connectivity index (χ1v) is 7.87. The summed E-state index contributed by atoms with van der Waals surface area (Å²) in [5, 5.41) is 0.789. The Morgan fingerprint density at radius 2 is 2.20 bits per heavy atom. The summed E-state index contributed by atoms with van der Waals surface area (Å²) >= 11 is 6.41. The zero-order chi connectivity index (χ0) is 14.3. The van der Waals surface area contributed by atoms with Crippen LogP contribution in [-0.2, 0) is 0 Å². The van der Waals surface area contributed by atoms with Crippen LogP contribution in [0.1, 0.15) is 50.9 Å². The number of benzene rings is 1. The van der Waals surface area contributed by atoms with E-state index in [2.05, 4.69) is 24.5 Å². The predicted molar refractivity (Wildman–Crippen MR) is 84.3 cm³/mol. The minimum Gasteiger partial charge on any atom is -0.330 e. The molecule has 1 aromatic carbocycles. The van der Waals surface area contributed by atoms with Gasteiger partial charge < -0.3 is 10.3 Å². The topological polar surface area (TPSA) is 43.8 Å². The number of aromatic nitrogens is 2. The van der Waals surface area contributed by atoms with Crippen LogP contribution in [0, 0.1) is 5.92 Å². The fourth-order valence-electron chi connectivity index (χ4n) is 3.57. The Morgan fingerprint density at radius 3 is 2.90 bits per heavy atom. The van der Waals surface area contributed by atoms with E-state index in [4.69, 9.17) is 22.3 Å². The van der Waals surface area contributed by atoms with Gasteiger partial charge in [-0.1, -0.05) is 24.1 Å². The molecule has 2 N–H and O–H groups in total. The highest BCUT2D eigenvalue weighted by atomic mass is 35.5. The molecule has 2 unspecified atom stereocenters. The van der Waals surface area contributed by atoms with Gasteiger partial charge in [0, 0.05) is 12.0 Å². The van der Waals surface area contributed by atoms with Gasteiger partial charge in [0.2, 0.25) is 0 Å². The first-order valence-electron chi connectivity index (χ1n) is 7.50. The molecule has 1 aliphatic rings. The number of nitrogens with two attached hydrogens (primary N) is 1. The SMILES string of the molecule is CC(C)n1c(C2CCCC2CN)nc2cccc(Cl)c21. The van der Waals surface area contributed by atoms with Crippen molar-refractivity contribution in [3.63, 3.8) is 0 Å². The van der Waals surface area contributed by atoms with Gasteiger partial charge in [0.05, 0.1) is 16.1 Å². The number of imidazole rings is 1. The van der Waals surface area contributed by atoms with Crippen LogP contribution < -0.4 is 5.73 Å². The Hall–Kier alpha value is -1.06. The highest BCUT2D eigenvalue weighted by Gasteiger charge is 2.32. The summed E-state index contributed by atoms with van der Waals surface area (Å²) in [4.78, 5) is 4.90. The third-order valence-corrected chi connectivity index (χ3v) is 4.80. The number of hydrogen-bond donors (Lipinski definition) is 1. The maximum atomic E-state index is 6.41. The maximum Gasteiger partial charge on any atom is 0.113 e. The minimum atomic E-state index is 0.355. The Bertz CT molecular complexity index is 617. The van der Waals surface area contributed by atoms with Gasteiger partial charge in [-0.2, -0.15) is 0 Å². The highest BCUT2D eigenvalue weighted by Crippen LogP contribution is 2.41. The number of fused-ring (bicyclic) bond motifs is 1. The van der Waals surface area contributed by atoms with Gasteiger partial charge in [0.15, 0.2) is 0 Å². The molecule has 0 spiro atoms. The van der Waals surface area contributed by atoms with Crippen molar-refractivity contribution in [3.8, 4) is 0 Å². The Balaban J connectivity index is 2.20. The molecule has 0 aliphatic heterocycles. The van der Waals surface area contributed by atoms with E-state index in [1.165, 1.54) is 25.1 Å². The van der Waals surface area contributed by atoms with Gasteiger partial charge in [0.25, 0.3) is 0 Å². The second-order valence-electron chi connectivity index (χ2n) is 6.07. The molecular formula is C16H22ClN3. The smallest absolute Gasteiger partial charge is 0.113 e. The molecule has 1 saturated carbocycles. The van der Waals surface area contributed by atoms with E-state index >= 15 is 0 Å².